The molecule has 0 aromatic heterocycles. The Balaban J connectivity index is 1.46. The van der Waals surface area contributed by atoms with E-state index in [2.05, 4.69) is 26.6 Å². The summed E-state index contributed by atoms with van der Waals surface area (Å²) in [6.07, 6.45) is 2.91. The summed E-state index contributed by atoms with van der Waals surface area (Å²) in [4.78, 5) is 24.1. The van der Waals surface area contributed by atoms with E-state index < -0.39 is 0 Å². The molecule has 0 aliphatic heterocycles. The average molecular weight is 431 g/mol. The van der Waals surface area contributed by atoms with Crippen molar-refractivity contribution >= 4 is 39.1 Å². The Labute approximate surface area is 167 Å². The first kappa shape index (κ1) is 19.4. The predicted octanol–water partition coefficient (Wildman–Crippen LogP) is 4.90. The molecule has 0 unspecified atom stereocenters. The van der Waals surface area contributed by atoms with Gasteiger partial charge in [0.1, 0.15) is 5.75 Å². The summed E-state index contributed by atoms with van der Waals surface area (Å²) in [6.45, 7) is 2.40. The molecule has 0 spiro atoms. The predicted molar refractivity (Wildman–Crippen MR) is 110 cm³/mol. The van der Waals surface area contributed by atoms with Crippen molar-refractivity contribution in [3.63, 3.8) is 0 Å². The van der Waals surface area contributed by atoms with Crippen LogP contribution in [0.25, 0.3) is 0 Å². The highest BCUT2D eigenvalue weighted by Crippen LogP contribution is 2.30. The average Bonchev–Trinajstić information content (AvgIpc) is 3.47. The summed E-state index contributed by atoms with van der Waals surface area (Å²) >= 11 is 3.40. The van der Waals surface area contributed by atoms with E-state index in [9.17, 15) is 9.59 Å². The second-order valence-corrected chi connectivity index (χ2v) is 7.67. The molecule has 142 valence electrons. The van der Waals surface area contributed by atoms with Gasteiger partial charge in [-0.05, 0) is 62.1 Å². The number of carbonyl (C=O) groups is 2. The van der Waals surface area contributed by atoms with Crippen LogP contribution >= 0.6 is 15.9 Å². The third-order valence-electron chi connectivity index (χ3n) is 4.34. The molecule has 0 atom stereocenters. The van der Waals surface area contributed by atoms with E-state index in [1.54, 1.807) is 0 Å². The molecule has 5 nitrogen and oxygen atoms in total. The van der Waals surface area contributed by atoms with Crippen LogP contribution in [0.2, 0.25) is 0 Å². The molecule has 3 rings (SSSR count). The molecule has 0 bridgehead atoms. The van der Waals surface area contributed by atoms with Crippen molar-refractivity contribution in [1.82, 2.24) is 0 Å². The Hall–Kier alpha value is -2.34. The van der Waals surface area contributed by atoms with Gasteiger partial charge >= 0.3 is 0 Å². The van der Waals surface area contributed by atoms with Crippen molar-refractivity contribution in [1.29, 1.82) is 0 Å². The van der Waals surface area contributed by atoms with Crippen LogP contribution in [0.1, 0.15) is 31.2 Å². The van der Waals surface area contributed by atoms with Gasteiger partial charge in [0, 0.05) is 28.2 Å². The van der Waals surface area contributed by atoms with Crippen LogP contribution in [0, 0.1) is 12.8 Å². The largest absolute Gasteiger partial charge is 0.494 e. The molecule has 1 aliphatic carbocycles. The van der Waals surface area contributed by atoms with Gasteiger partial charge in [-0.1, -0.05) is 28.1 Å². The monoisotopic (exact) mass is 430 g/mol. The number of nitrogens with one attached hydrogen (secondary N) is 2. The fraction of sp³-hybridized carbons (Fsp3) is 0.333. The number of anilines is 2. The lowest BCUT2D eigenvalue weighted by Gasteiger charge is -2.12. The van der Waals surface area contributed by atoms with Crippen molar-refractivity contribution in [2.45, 2.75) is 32.6 Å². The fourth-order valence-electron chi connectivity index (χ4n) is 2.62. The van der Waals surface area contributed by atoms with Crippen molar-refractivity contribution in [2.75, 3.05) is 17.2 Å². The topological polar surface area (TPSA) is 67.4 Å². The van der Waals surface area contributed by atoms with Crippen LogP contribution in [0.5, 0.6) is 5.75 Å². The van der Waals surface area contributed by atoms with Crippen molar-refractivity contribution in [2.24, 2.45) is 5.92 Å². The van der Waals surface area contributed by atoms with E-state index >= 15 is 0 Å². The minimum absolute atomic E-state index is 0.0563. The molecule has 2 aromatic carbocycles. The van der Waals surface area contributed by atoms with E-state index in [4.69, 9.17) is 4.74 Å². The number of hydrogen-bond acceptors (Lipinski definition) is 3. The van der Waals surface area contributed by atoms with Crippen LogP contribution in [0.15, 0.2) is 46.9 Å². The zero-order valence-corrected chi connectivity index (χ0v) is 16.8. The lowest BCUT2D eigenvalue weighted by Crippen LogP contribution is -2.15. The molecule has 0 saturated heterocycles. The maximum absolute atomic E-state index is 12.2. The molecule has 1 aliphatic rings. The molecule has 2 aromatic rings. The number of carbonyl (C=O) groups excluding carboxylic acids is 2. The van der Waals surface area contributed by atoms with Gasteiger partial charge in [-0.3, -0.25) is 9.59 Å². The second-order valence-electron chi connectivity index (χ2n) is 6.75. The third kappa shape index (κ3) is 6.10. The van der Waals surface area contributed by atoms with E-state index in [1.807, 2.05) is 49.4 Å². The number of hydrogen-bond donors (Lipinski definition) is 2. The molecule has 2 N–H and O–H groups in total. The van der Waals surface area contributed by atoms with E-state index in [0.717, 1.165) is 34.3 Å². The maximum Gasteiger partial charge on any atom is 0.227 e. The number of aryl methyl sites for hydroxylation is 1. The standard InChI is InChI=1S/C21H23BrN2O3/c1-14-7-10-17(23-21(26)15-8-9-15)13-19(14)24-20(25)6-3-11-27-18-5-2-4-16(22)12-18/h2,4-5,7,10,12-13,15H,3,6,8-9,11H2,1H3,(H,23,26)(H,24,25). The molecule has 2 amide bonds. The molecule has 0 radical (unpaired) electrons. The van der Waals surface area contributed by atoms with Crippen LogP contribution in [0.4, 0.5) is 11.4 Å². The summed E-state index contributed by atoms with van der Waals surface area (Å²) in [6, 6.07) is 13.2. The zero-order chi connectivity index (χ0) is 19.2. The van der Waals surface area contributed by atoms with Crippen LogP contribution in [0.3, 0.4) is 0 Å². The lowest BCUT2D eigenvalue weighted by atomic mass is 10.1. The first-order chi connectivity index (χ1) is 13.0. The van der Waals surface area contributed by atoms with Crippen molar-refractivity contribution in [3.8, 4) is 5.75 Å². The molecule has 1 saturated carbocycles. The smallest absolute Gasteiger partial charge is 0.227 e. The zero-order valence-electron chi connectivity index (χ0n) is 15.3. The highest BCUT2D eigenvalue weighted by atomic mass is 79.9. The third-order valence-corrected chi connectivity index (χ3v) is 4.83. The highest BCUT2D eigenvalue weighted by Gasteiger charge is 2.29. The van der Waals surface area contributed by atoms with Gasteiger partial charge < -0.3 is 15.4 Å². The highest BCUT2D eigenvalue weighted by molar-refractivity contribution is 9.10. The van der Waals surface area contributed by atoms with Gasteiger partial charge in [0.2, 0.25) is 11.8 Å². The van der Waals surface area contributed by atoms with Gasteiger partial charge in [-0.25, -0.2) is 0 Å². The van der Waals surface area contributed by atoms with Crippen LogP contribution in [-0.4, -0.2) is 18.4 Å². The van der Waals surface area contributed by atoms with Crippen LogP contribution in [-0.2, 0) is 9.59 Å². The summed E-state index contributed by atoms with van der Waals surface area (Å²) < 4.78 is 6.60. The maximum atomic E-state index is 12.2. The SMILES string of the molecule is Cc1ccc(NC(=O)C2CC2)cc1NC(=O)CCCOc1cccc(Br)c1. The number of amides is 2. The van der Waals surface area contributed by atoms with Gasteiger partial charge in [0.15, 0.2) is 0 Å². The van der Waals surface area contributed by atoms with Crippen molar-refractivity contribution in [3.05, 3.63) is 52.5 Å². The van der Waals surface area contributed by atoms with E-state index in [0.29, 0.717) is 25.1 Å². The Morgan fingerprint density at radius 1 is 1.15 bits per heavy atom. The Morgan fingerprint density at radius 3 is 2.70 bits per heavy atom. The Kier molecular flexibility index (Phi) is 6.50. The lowest BCUT2D eigenvalue weighted by molar-refractivity contribution is -0.117. The quantitative estimate of drug-likeness (QED) is 0.584. The first-order valence-electron chi connectivity index (χ1n) is 9.11. The minimum atomic E-state index is -0.0680. The van der Waals surface area contributed by atoms with Gasteiger partial charge in [0.25, 0.3) is 0 Å². The Bertz CT molecular complexity index is 834. The van der Waals surface area contributed by atoms with Gasteiger partial charge in [0.05, 0.1) is 6.61 Å². The van der Waals surface area contributed by atoms with E-state index in [1.165, 1.54) is 0 Å². The molecular weight excluding hydrogens is 408 g/mol. The summed E-state index contributed by atoms with van der Waals surface area (Å²) in [7, 11) is 0. The number of benzene rings is 2. The summed E-state index contributed by atoms with van der Waals surface area (Å²) in [5, 5.41) is 5.83. The molecular formula is C21H23BrN2O3. The van der Waals surface area contributed by atoms with Gasteiger partial charge in [-0.15, -0.1) is 0 Å². The summed E-state index contributed by atoms with van der Waals surface area (Å²) in [5.74, 6) is 0.914. The fourth-order valence-corrected chi connectivity index (χ4v) is 2.99. The van der Waals surface area contributed by atoms with Crippen molar-refractivity contribution < 1.29 is 14.3 Å². The Morgan fingerprint density at radius 2 is 1.96 bits per heavy atom. The normalized spacial score (nSPS) is 13.1. The molecule has 0 heterocycles. The second kappa shape index (κ2) is 9.04. The van der Waals surface area contributed by atoms with Crippen LogP contribution < -0.4 is 15.4 Å². The number of halogens is 1. The van der Waals surface area contributed by atoms with Gasteiger partial charge in [-0.2, -0.15) is 0 Å². The first-order valence-corrected chi connectivity index (χ1v) is 9.90. The molecule has 6 heteroatoms. The number of ether oxygens (including phenoxy) is 1. The summed E-state index contributed by atoms with van der Waals surface area (Å²) in [5.41, 5.74) is 2.39. The minimum Gasteiger partial charge on any atom is -0.494 e. The molecule has 27 heavy (non-hydrogen) atoms. The van der Waals surface area contributed by atoms with E-state index in [-0.39, 0.29) is 17.7 Å². The number of rotatable bonds is 8. The molecule has 1 fully saturated rings.